The number of aromatic nitrogens is 2. The number of thiophene rings is 2. The lowest BCUT2D eigenvalue weighted by Crippen LogP contribution is -2.16. The molecule has 2 amide bonds. The number of Topliss-reactive ketones (excluding diaryl/α,β-unsaturated/α-hetero) is 2. The number of hydrogen-bond acceptors (Lipinski definition) is 12. The lowest BCUT2D eigenvalue weighted by molar-refractivity contribution is -0.156. The number of rotatable bonds is 18. The number of carbonyl (C=O) groups is 5. The van der Waals surface area contributed by atoms with Gasteiger partial charge in [0.25, 0.3) is 11.8 Å². The molecule has 10 nitrogen and oxygen atoms in total. The molecule has 0 radical (unpaired) electrons. The first-order chi connectivity index (χ1) is 30.9. The monoisotopic (exact) mass is 1020 g/mol. The number of nitrogens with one attached hydrogen (secondary N) is 2. The molecule has 0 unspecified atom stereocenters. The molecule has 0 aliphatic carbocycles. The molecule has 356 valence electrons. The number of ketones is 2. The fraction of sp³-hybridized carbons (Fsp3) is 0.383. The number of carbonyl (C=O) groups excluding carboxylic acids is 5. The number of nitrogens with two attached hydrogens (primary N) is 1. The van der Waals surface area contributed by atoms with E-state index < -0.39 is 12.5 Å². The van der Waals surface area contributed by atoms with Gasteiger partial charge < -0.3 is 25.5 Å². The van der Waals surface area contributed by atoms with Crippen molar-refractivity contribution >= 4 is 133 Å². The lowest BCUT2D eigenvalue weighted by atomic mass is 10.0. The number of hydrogen-bond donors (Lipinski definition) is 3. The third-order valence-electron chi connectivity index (χ3n) is 9.79. The molecule has 0 atom stereocenters. The van der Waals surface area contributed by atoms with Crippen LogP contribution in [-0.2, 0) is 41.3 Å². The summed E-state index contributed by atoms with van der Waals surface area (Å²) in [6.07, 6.45) is 5.98. The summed E-state index contributed by atoms with van der Waals surface area (Å²) in [5.41, 5.74) is 9.99. The summed E-state index contributed by atoms with van der Waals surface area (Å²) in [7, 11) is 10.8. The molecule has 0 bridgehead atoms. The van der Waals surface area contributed by atoms with Crippen molar-refractivity contribution in [2.24, 2.45) is 14.1 Å². The Balaban J connectivity index is 0.000000257. The third kappa shape index (κ3) is 17.5. The number of amides is 2. The second-order valence-corrected chi connectivity index (χ2v) is 25.3. The summed E-state index contributed by atoms with van der Waals surface area (Å²) >= 11 is 3.29. The maximum Gasteiger partial charge on any atom is 0.446 e. The Morgan fingerprint density at radius 1 is 0.682 bits per heavy atom. The van der Waals surface area contributed by atoms with Gasteiger partial charge in [-0.2, -0.15) is 13.2 Å². The Morgan fingerprint density at radius 2 is 1.09 bits per heavy atom. The fourth-order valence-electron chi connectivity index (χ4n) is 6.67. The molecule has 0 aliphatic heterocycles. The van der Waals surface area contributed by atoms with Gasteiger partial charge in [-0.1, -0.05) is 43.2 Å². The highest BCUT2D eigenvalue weighted by atomic mass is 33.1. The smallest absolute Gasteiger partial charge is 0.397 e. The Bertz CT molecular complexity index is 2480. The predicted molar refractivity (Wildman–Crippen MR) is 278 cm³/mol. The zero-order valence-corrected chi connectivity index (χ0v) is 43.2. The molecular weight excluding hydrogens is 964 g/mol. The quantitative estimate of drug-likeness (QED) is 0.0562. The largest absolute Gasteiger partial charge is 0.446 e. The van der Waals surface area contributed by atoms with Gasteiger partial charge in [-0.05, 0) is 137 Å². The van der Waals surface area contributed by atoms with Crippen LogP contribution in [0.5, 0.6) is 0 Å². The number of aryl methyl sites for hydroxylation is 3. The van der Waals surface area contributed by atoms with Crippen molar-refractivity contribution in [2.75, 3.05) is 28.9 Å². The van der Waals surface area contributed by atoms with Crippen LogP contribution in [-0.4, -0.2) is 67.0 Å². The molecule has 0 saturated carbocycles. The molecule has 0 saturated heterocycles. The van der Waals surface area contributed by atoms with Gasteiger partial charge >= 0.3 is 6.18 Å². The third-order valence-corrected chi connectivity index (χ3v) is 17.4. The number of halogens is 3. The molecule has 19 heteroatoms. The molecular formula is C47H56F3N5O5S6. The van der Waals surface area contributed by atoms with Gasteiger partial charge in [-0.3, -0.25) is 24.0 Å². The molecule has 0 fully saturated rings. The molecule has 6 aromatic rings. The number of fused-ring (bicyclic) bond motifs is 2. The number of nitrogens with zero attached hydrogens (tertiary/aromatic N) is 2. The average molecular weight is 1020 g/mol. The van der Waals surface area contributed by atoms with E-state index in [4.69, 9.17) is 10.5 Å². The summed E-state index contributed by atoms with van der Waals surface area (Å²) in [5.74, 6) is 0.223. The van der Waals surface area contributed by atoms with Crippen molar-refractivity contribution in [3.05, 3.63) is 99.8 Å². The number of aldehydes is 1. The van der Waals surface area contributed by atoms with Gasteiger partial charge in [-0.15, -0.1) is 22.7 Å². The topological polar surface area (TPSA) is 145 Å². The van der Waals surface area contributed by atoms with Gasteiger partial charge in [0.05, 0.1) is 5.69 Å². The standard InChI is InChI=1S/C23H28N2O2S3.C22H27N3O2S3.C2HF3O/c1-15-10-20(25(4)14-15)22(27)24-17-6-7-21-16(11-17)12-19(29-21)13-18(26)8-9-23(2,3)30-28-5;1-22(2,30-28-4)8-7-17(26)12-18-10-14-9-16(5-6-20(14)29-18)24-21(27)19-11-15(23)13-25(19)3;3-2(4,5)1-6/h6-7,10-12,14H,8-9,13H2,1-5H3,(H,24,27);5-6,9-11,13H,7-8,12,23H2,1-4H3,(H,24,27);1H. The molecule has 4 heterocycles. The van der Waals surface area contributed by atoms with Gasteiger partial charge in [0.1, 0.15) is 23.0 Å². The summed E-state index contributed by atoms with van der Waals surface area (Å²) in [5, 5.41) is 7.99. The zero-order chi connectivity index (χ0) is 49.0. The van der Waals surface area contributed by atoms with E-state index in [0.29, 0.717) is 42.8 Å². The molecule has 0 spiro atoms. The zero-order valence-electron chi connectivity index (χ0n) is 38.3. The van der Waals surface area contributed by atoms with E-state index >= 15 is 0 Å². The maximum atomic E-state index is 12.6. The van der Waals surface area contributed by atoms with E-state index in [0.717, 1.165) is 59.7 Å². The minimum absolute atomic E-state index is 0.103. The van der Waals surface area contributed by atoms with Crippen LogP contribution < -0.4 is 16.4 Å². The molecule has 0 aliphatic rings. The first-order valence-electron chi connectivity index (χ1n) is 20.6. The summed E-state index contributed by atoms with van der Waals surface area (Å²) in [6.45, 7) is 10.7. The molecule has 66 heavy (non-hydrogen) atoms. The van der Waals surface area contributed by atoms with Crippen LogP contribution in [0.25, 0.3) is 20.2 Å². The van der Waals surface area contributed by atoms with Gasteiger partial charge in [0, 0.05) is 92.2 Å². The number of benzene rings is 2. The predicted octanol–water partition coefficient (Wildman–Crippen LogP) is 13.0. The van der Waals surface area contributed by atoms with Crippen molar-refractivity contribution in [1.29, 1.82) is 0 Å². The van der Waals surface area contributed by atoms with E-state index in [2.05, 4.69) is 63.0 Å². The average Bonchev–Trinajstić information content (AvgIpc) is 4.00. The molecule has 6 rings (SSSR count). The van der Waals surface area contributed by atoms with Crippen LogP contribution in [0.2, 0.25) is 0 Å². The molecule has 4 aromatic heterocycles. The number of nitrogen functional groups attached to an aromatic ring is 1. The van der Waals surface area contributed by atoms with E-state index in [1.807, 2.05) is 88.8 Å². The van der Waals surface area contributed by atoms with Crippen molar-refractivity contribution in [3.63, 3.8) is 0 Å². The second-order valence-electron chi connectivity index (χ2n) is 16.7. The summed E-state index contributed by atoms with van der Waals surface area (Å²) in [6, 6.07) is 19.4. The summed E-state index contributed by atoms with van der Waals surface area (Å²) in [4.78, 5) is 60.8. The number of alkyl halides is 3. The molecule has 2 aromatic carbocycles. The van der Waals surface area contributed by atoms with E-state index in [9.17, 15) is 32.3 Å². The second kappa shape index (κ2) is 24.2. The van der Waals surface area contributed by atoms with Crippen molar-refractivity contribution in [1.82, 2.24) is 9.13 Å². The van der Waals surface area contributed by atoms with Crippen LogP contribution in [0, 0.1) is 6.92 Å². The van der Waals surface area contributed by atoms with Crippen molar-refractivity contribution in [3.8, 4) is 0 Å². The fourth-order valence-corrected chi connectivity index (χ4v) is 13.3. The highest BCUT2D eigenvalue weighted by Crippen LogP contribution is 2.39. The minimum Gasteiger partial charge on any atom is -0.397 e. The normalized spacial score (nSPS) is 11.7. The maximum absolute atomic E-state index is 12.6. The molecule has 4 N–H and O–H groups in total. The Hall–Kier alpha value is -4.14. The van der Waals surface area contributed by atoms with E-state index in [1.54, 1.807) is 68.1 Å². The Morgan fingerprint density at radius 3 is 1.44 bits per heavy atom. The highest BCUT2D eigenvalue weighted by molar-refractivity contribution is 8.77. The Kier molecular flexibility index (Phi) is 20.0. The Labute approximate surface area is 408 Å². The lowest BCUT2D eigenvalue weighted by Gasteiger charge is -2.21. The van der Waals surface area contributed by atoms with Crippen LogP contribution in [0.15, 0.2) is 73.1 Å². The first kappa shape index (κ1) is 54.5. The van der Waals surface area contributed by atoms with Crippen LogP contribution in [0.1, 0.15) is 89.7 Å². The first-order valence-corrected chi connectivity index (χ1v) is 27.4. The van der Waals surface area contributed by atoms with Crippen molar-refractivity contribution < 1.29 is 37.1 Å². The van der Waals surface area contributed by atoms with Crippen LogP contribution in [0.4, 0.5) is 30.2 Å². The summed E-state index contributed by atoms with van der Waals surface area (Å²) < 4.78 is 37.2. The van der Waals surface area contributed by atoms with Crippen LogP contribution >= 0.6 is 65.8 Å². The SMILES string of the molecule is CSSC(C)(C)CCC(=O)Cc1cc2cc(NC(=O)c3cc(C)cn3C)ccc2s1.CSSC(C)(C)CCC(=O)Cc1cc2cc(NC(=O)c3cc(N)cn3C)ccc2s1.O=CC(F)(F)F. The van der Waals surface area contributed by atoms with Gasteiger partial charge in [0.15, 0.2) is 0 Å². The van der Waals surface area contributed by atoms with Crippen molar-refractivity contribution in [2.45, 2.75) is 88.8 Å². The van der Waals surface area contributed by atoms with Gasteiger partial charge in [-0.25, -0.2) is 0 Å². The minimum atomic E-state index is -4.64. The van der Waals surface area contributed by atoms with E-state index in [-0.39, 0.29) is 32.9 Å². The highest BCUT2D eigenvalue weighted by Gasteiger charge is 2.25. The number of anilines is 3. The van der Waals surface area contributed by atoms with E-state index in [1.165, 1.54) is 0 Å². The van der Waals surface area contributed by atoms with Gasteiger partial charge in [0.2, 0.25) is 6.29 Å². The van der Waals surface area contributed by atoms with Crippen LogP contribution in [0.3, 0.4) is 0 Å².